The van der Waals surface area contributed by atoms with Crippen LogP contribution in [0, 0.1) is 23.0 Å². The molecule has 16 heavy (non-hydrogen) atoms. The lowest BCUT2D eigenvalue weighted by molar-refractivity contribution is 0.168. The highest BCUT2D eigenvalue weighted by Crippen LogP contribution is 2.23. The van der Waals surface area contributed by atoms with Crippen LogP contribution in [0.25, 0.3) is 0 Å². The first-order chi connectivity index (χ1) is 7.69. The molecule has 0 atom stereocenters. The summed E-state index contributed by atoms with van der Waals surface area (Å²) >= 11 is 0. The maximum atomic E-state index is 13.3. The molecule has 0 aliphatic heterocycles. The van der Waals surface area contributed by atoms with Gasteiger partial charge in [0.1, 0.15) is 0 Å². The van der Waals surface area contributed by atoms with Gasteiger partial charge in [-0.2, -0.15) is 5.26 Å². The van der Waals surface area contributed by atoms with Gasteiger partial charge in [-0.3, -0.25) is 0 Å². The Labute approximate surface area is 92.2 Å². The van der Waals surface area contributed by atoms with Gasteiger partial charge in [0.25, 0.3) is 0 Å². The van der Waals surface area contributed by atoms with E-state index >= 15 is 0 Å². The monoisotopic (exact) mass is 227 g/mol. The second kappa shape index (κ2) is 6.03. The van der Waals surface area contributed by atoms with Crippen molar-refractivity contribution < 1.29 is 18.3 Å². The number of hydrogen-bond acceptors (Lipinski definition) is 3. The Bertz CT molecular complexity index is 378. The summed E-state index contributed by atoms with van der Waals surface area (Å²) in [6.07, 6.45) is 0.537. The van der Waals surface area contributed by atoms with Gasteiger partial charge in [-0.25, -0.2) is 8.78 Å². The number of nitriles is 1. The van der Waals surface area contributed by atoms with Crippen LogP contribution in [0.3, 0.4) is 0 Å². The van der Waals surface area contributed by atoms with Crippen molar-refractivity contribution in [3.63, 3.8) is 0 Å². The molecule has 86 valence electrons. The van der Waals surface area contributed by atoms with Gasteiger partial charge in [0.2, 0.25) is 0 Å². The molecule has 1 rings (SSSR count). The molecule has 0 amide bonds. The quantitative estimate of drug-likeness (QED) is 0.724. The summed E-state index contributed by atoms with van der Waals surface area (Å²) in [5.74, 6) is -2.18. The minimum absolute atomic E-state index is 0.0701. The number of hydrogen-bond donors (Lipinski definition) is 0. The van der Waals surface area contributed by atoms with E-state index in [-0.39, 0.29) is 12.2 Å². The molecule has 5 heteroatoms. The van der Waals surface area contributed by atoms with E-state index in [4.69, 9.17) is 14.7 Å². The van der Waals surface area contributed by atoms with Crippen LogP contribution in [0.2, 0.25) is 0 Å². The van der Waals surface area contributed by atoms with E-state index in [9.17, 15) is 8.78 Å². The summed E-state index contributed by atoms with van der Waals surface area (Å²) in [6, 6.07) is 3.54. The van der Waals surface area contributed by atoms with E-state index in [1.165, 1.54) is 7.11 Å². The predicted molar refractivity (Wildman–Crippen MR) is 53.1 cm³/mol. The normalized spacial score (nSPS) is 9.88. The highest BCUT2D eigenvalue weighted by atomic mass is 19.1. The molecule has 0 aromatic heterocycles. The molecule has 1 aromatic carbocycles. The van der Waals surface area contributed by atoms with Gasteiger partial charge >= 0.3 is 0 Å². The Hall–Kier alpha value is -1.67. The lowest BCUT2D eigenvalue weighted by Gasteiger charge is -2.08. The molecule has 0 radical (unpaired) electrons. The Balaban J connectivity index is 2.70. The fourth-order valence-electron chi connectivity index (χ4n) is 1.14. The highest BCUT2D eigenvalue weighted by Gasteiger charge is 2.12. The number of ether oxygens (including phenoxy) is 2. The third kappa shape index (κ3) is 3.17. The summed E-state index contributed by atoms with van der Waals surface area (Å²) in [6.45, 7) is 0.618. The summed E-state index contributed by atoms with van der Waals surface area (Å²) < 4.78 is 36.2. The van der Waals surface area contributed by atoms with Crippen LogP contribution < -0.4 is 4.74 Å². The molecule has 0 fully saturated rings. The fraction of sp³-hybridized carbons (Fsp3) is 0.364. The molecule has 0 bridgehead atoms. The standard InChI is InChI=1S/C11H11F2NO2/c1-15-3-2-4-16-11-9(12)5-8(7-14)6-10(11)13/h5-6H,2-4H2,1H3. The van der Waals surface area contributed by atoms with Crippen molar-refractivity contribution in [1.82, 2.24) is 0 Å². The molecule has 0 aliphatic rings. The van der Waals surface area contributed by atoms with Crippen LogP contribution >= 0.6 is 0 Å². The Morgan fingerprint density at radius 3 is 2.38 bits per heavy atom. The molecular weight excluding hydrogens is 216 g/mol. The van der Waals surface area contributed by atoms with Crippen LogP contribution in [-0.4, -0.2) is 20.3 Å². The zero-order valence-corrected chi connectivity index (χ0v) is 8.80. The predicted octanol–water partition coefficient (Wildman–Crippen LogP) is 2.25. The van der Waals surface area contributed by atoms with E-state index in [1.807, 2.05) is 0 Å². The van der Waals surface area contributed by atoms with E-state index in [1.54, 1.807) is 6.07 Å². The lowest BCUT2D eigenvalue weighted by Crippen LogP contribution is -2.04. The zero-order valence-electron chi connectivity index (χ0n) is 8.80. The molecule has 0 unspecified atom stereocenters. The van der Waals surface area contributed by atoms with E-state index < -0.39 is 17.4 Å². The van der Waals surface area contributed by atoms with Crippen molar-refractivity contribution in [3.05, 3.63) is 29.3 Å². The summed E-state index contributed by atoms with van der Waals surface area (Å²) in [5.41, 5.74) is -0.0701. The van der Waals surface area contributed by atoms with Gasteiger partial charge < -0.3 is 9.47 Å². The number of methoxy groups -OCH3 is 1. The topological polar surface area (TPSA) is 42.2 Å². The van der Waals surface area contributed by atoms with Crippen LogP contribution in [0.1, 0.15) is 12.0 Å². The summed E-state index contributed by atoms with van der Waals surface area (Å²) in [5, 5.41) is 8.48. The van der Waals surface area contributed by atoms with Crippen molar-refractivity contribution in [2.75, 3.05) is 20.3 Å². The average molecular weight is 227 g/mol. The van der Waals surface area contributed by atoms with Gasteiger partial charge in [-0.1, -0.05) is 0 Å². The second-order valence-corrected chi connectivity index (χ2v) is 3.08. The maximum absolute atomic E-state index is 13.3. The number of benzene rings is 1. The lowest BCUT2D eigenvalue weighted by atomic mass is 10.2. The third-order valence-electron chi connectivity index (χ3n) is 1.87. The number of halogens is 2. The molecule has 0 spiro atoms. The second-order valence-electron chi connectivity index (χ2n) is 3.08. The summed E-state index contributed by atoms with van der Waals surface area (Å²) in [7, 11) is 1.53. The first-order valence-electron chi connectivity index (χ1n) is 4.70. The zero-order chi connectivity index (χ0) is 12.0. The first-order valence-corrected chi connectivity index (χ1v) is 4.70. The van der Waals surface area contributed by atoms with Gasteiger partial charge in [0.15, 0.2) is 17.4 Å². The molecule has 1 aromatic rings. The van der Waals surface area contributed by atoms with E-state index in [0.29, 0.717) is 13.0 Å². The smallest absolute Gasteiger partial charge is 0.190 e. The molecule has 0 heterocycles. The fourth-order valence-corrected chi connectivity index (χ4v) is 1.14. The summed E-state index contributed by atoms with van der Waals surface area (Å²) in [4.78, 5) is 0. The van der Waals surface area contributed by atoms with Crippen molar-refractivity contribution in [3.8, 4) is 11.8 Å². The largest absolute Gasteiger partial charge is 0.488 e. The molecule has 0 N–H and O–H groups in total. The van der Waals surface area contributed by atoms with Crippen molar-refractivity contribution in [2.24, 2.45) is 0 Å². The van der Waals surface area contributed by atoms with Crippen LogP contribution in [0.5, 0.6) is 5.75 Å². The highest BCUT2D eigenvalue weighted by molar-refractivity contribution is 5.37. The van der Waals surface area contributed by atoms with Gasteiger partial charge in [0, 0.05) is 20.1 Å². The molecule has 0 saturated carbocycles. The van der Waals surface area contributed by atoms with Crippen LogP contribution in [-0.2, 0) is 4.74 Å². The minimum Gasteiger partial charge on any atom is -0.488 e. The Kier molecular flexibility index (Phi) is 4.67. The van der Waals surface area contributed by atoms with E-state index in [0.717, 1.165) is 12.1 Å². The average Bonchev–Trinajstić information content (AvgIpc) is 2.26. The van der Waals surface area contributed by atoms with Crippen molar-refractivity contribution >= 4 is 0 Å². The molecule has 3 nitrogen and oxygen atoms in total. The van der Waals surface area contributed by atoms with Crippen molar-refractivity contribution in [1.29, 1.82) is 5.26 Å². The van der Waals surface area contributed by atoms with Crippen LogP contribution in [0.4, 0.5) is 8.78 Å². The van der Waals surface area contributed by atoms with Gasteiger partial charge in [0.05, 0.1) is 18.2 Å². The number of rotatable bonds is 5. The Morgan fingerprint density at radius 2 is 1.88 bits per heavy atom. The molecule has 0 saturated heterocycles. The SMILES string of the molecule is COCCCOc1c(F)cc(C#N)cc1F. The van der Waals surface area contributed by atoms with Crippen LogP contribution in [0.15, 0.2) is 12.1 Å². The minimum atomic E-state index is -0.867. The molecule has 0 aliphatic carbocycles. The molecular formula is C11H11F2NO2. The first kappa shape index (κ1) is 12.4. The Morgan fingerprint density at radius 1 is 1.25 bits per heavy atom. The van der Waals surface area contributed by atoms with Gasteiger partial charge in [-0.05, 0) is 12.1 Å². The number of nitrogens with zero attached hydrogens (tertiary/aromatic N) is 1. The maximum Gasteiger partial charge on any atom is 0.190 e. The van der Waals surface area contributed by atoms with Gasteiger partial charge in [-0.15, -0.1) is 0 Å². The third-order valence-corrected chi connectivity index (χ3v) is 1.87. The van der Waals surface area contributed by atoms with Crippen molar-refractivity contribution in [2.45, 2.75) is 6.42 Å². The van der Waals surface area contributed by atoms with E-state index in [2.05, 4.69) is 0 Å².